The van der Waals surface area contributed by atoms with Crippen molar-refractivity contribution >= 4 is 37.6 Å². The number of thiophene rings is 1. The Morgan fingerprint density at radius 2 is 1.96 bits per heavy atom. The van der Waals surface area contributed by atoms with Crippen LogP contribution in [0.1, 0.15) is 18.2 Å². The van der Waals surface area contributed by atoms with Crippen LogP contribution >= 0.6 is 11.3 Å². The van der Waals surface area contributed by atoms with Crippen molar-refractivity contribution in [2.75, 3.05) is 37.6 Å². The highest BCUT2D eigenvalue weighted by molar-refractivity contribution is 7.25. The lowest BCUT2D eigenvalue weighted by atomic mass is 10.2. The van der Waals surface area contributed by atoms with Gasteiger partial charge in [-0.05, 0) is 32.4 Å². The quantitative estimate of drug-likeness (QED) is 0.674. The lowest BCUT2D eigenvalue weighted by Gasteiger charge is -2.35. The molecule has 4 heterocycles. The van der Waals surface area contributed by atoms with Crippen LogP contribution in [0, 0.1) is 13.8 Å². The monoisotopic (exact) mass is 353 g/mol. The average Bonchev–Trinajstić information content (AvgIpc) is 2.93. The van der Waals surface area contributed by atoms with Crippen LogP contribution in [0.25, 0.3) is 20.4 Å². The summed E-state index contributed by atoms with van der Waals surface area (Å²) in [5.41, 5.74) is 4.55. The molecule has 4 rings (SSSR count). The Bertz CT molecular complexity index is 953. The van der Waals surface area contributed by atoms with Gasteiger partial charge in [0.2, 0.25) is 0 Å². The van der Waals surface area contributed by atoms with Crippen LogP contribution in [0.4, 0.5) is 5.82 Å². The summed E-state index contributed by atoms with van der Waals surface area (Å²) in [7, 11) is 0. The highest BCUT2D eigenvalue weighted by Crippen LogP contribution is 2.37. The first-order valence-electron chi connectivity index (χ1n) is 8.66. The third-order valence-electron chi connectivity index (χ3n) is 4.84. The van der Waals surface area contributed by atoms with Gasteiger partial charge in [0.05, 0.1) is 10.2 Å². The molecule has 130 valence electrons. The predicted octanol–water partition coefficient (Wildman–Crippen LogP) is 3.55. The summed E-state index contributed by atoms with van der Waals surface area (Å²) >= 11 is 1.71. The number of hydrogen-bond donors (Lipinski definition) is 0. The Labute approximate surface area is 152 Å². The second-order valence-electron chi connectivity index (χ2n) is 6.94. The Morgan fingerprint density at radius 1 is 1.20 bits per heavy atom. The largest absolute Gasteiger partial charge is 0.353 e. The molecule has 0 aliphatic carbocycles. The summed E-state index contributed by atoms with van der Waals surface area (Å²) in [6.45, 7) is 15.3. The molecule has 1 aliphatic heterocycles. The Morgan fingerprint density at radius 3 is 2.68 bits per heavy atom. The van der Waals surface area contributed by atoms with E-state index in [1.165, 1.54) is 11.1 Å². The topological polar surface area (TPSA) is 45.2 Å². The van der Waals surface area contributed by atoms with Crippen molar-refractivity contribution in [1.82, 2.24) is 19.9 Å². The summed E-state index contributed by atoms with van der Waals surface area (Å²) in [6, 6.07) is 2.21. The number of piperazine rings is 1. The highest BCUT2D eigenvalue weighted by Gasteiger charge is 2.22. The van der Waals surface area contributed by atoms with Gasteiger partial charge in [-0.3, -0.25) is 4.90 Å². The lowest BCUT2D eigenvalue weighted by Crippen LogP contribution is -2.47. The molecule has 0 radical (unpaired) electrons. The average molecular weight is 353 g/mol. The fourth-order valence-corrected chi connectivity index (χ4v) is 4.58. The molecule has 0 unspecified atom stereocenters. The van der Waals surface area contributed by atoms with Crippen LogP contribution in [-0.2, 0) is 0 Å². The second-order valence-corrected chi connectivity index (χ2v) is 7.94. The van der Waals surface area contributed by atoms with Crippen molar-refractivity contribution < 1.29 is 0 Å². The minimum Gasteiger partial charge on any atom is -0.353 e. The number of fused-ring (bicyclic) bond motifs is 3. The molecule has 0 amide bonds. The molecule has 1 fully saturated rings. The molecule has 3 aromatic rings. The normalized spacial score (nSPS) is 16.0. The predicted molar refractivity (Wildman–Crippen MR) is 106 cm³/mol. The first-order valence-corrected chi connectivity index (χ1v) is 9.47. The van der Waals surface area contributed by atoms with Gasteiger partial charge in [-0.2, -0.15) is 0 Å². The maximum Gasteiger partial charge on any atom is 0.150 e. The minimum atomic E-state index is 0.985. The molecule has 0 N–H and O–H groups in total. The molecular formula is C19H23N5S. The van der Waals surface area contributed by atoms with E-state index in [4.69, 9.17) is 4.98 Å². The lowest BCUT2D eigenvalue weighted by molar-refractivity contribution is 0.278. The number of nitrogens with zero attached hydrogens (tertiary/aromatic N) is 5. The molecule has 0 saturated carbocycles. The van der Waals surface area contributed by atoms with Crippen LogP contribution in [-0.4, -0.2) is 52.6 Å². The van der Waals surface area contributed by atoms with E-state index in [1.54, 1.807) is 17.7 Å². The molecule has 0 aromatic carbocycles. The van der Waals surface area contributed by atoms with E-state index in [9.17, 15) is 0 Å². The fourth-order valence-electron chi connectivity index (χ4n) is 3.40. The van der Waals surface area contributed by atoms with Gasteiger partial charge >= 0.3 is 0 Å². The summed E-state index contributed by atoms with van der Waals surface area (Å²) in [5.74, 6) is 1.05. The number of pyridine rings is 1. The zero-order chi connectivity index (χ0) is 17.6. The van der Waals surface area contributed by atoms with Gasteiger partial charge in [0.1, 0.15) is 17.0 Å². The summed E-state index contributed by atoms with van der Waals surface area (Å²) in [6.07, 6.45) is 1.69. The van der Waals surface area contributed by atoms with Crippen molar-refractivity contribution in [2.24, 2.45) is 0 Å². The Kier molecular flexibility index (Phi) is 4.17. The van der Waals surface area contributed by atoms with E-state index < -0.39 is 0 Å². The van der Waals surface area contributed by atoms with E-state index >= 15 is 0 Å². The molecule has 3 aromatic heterocycles. The molecule has 1 saturated heterocycles. The van der Waals surface area contributed by atoms with Gasteiger partial charge in [-0.25, -0.2) is 15.0 Å². The highest BCUT2D eigenvalue weighted by atomic mass is 32.1. The van der Waals surface area contributed by atoms with Gasteiger partial charge in [0.15, 0.2) is 0 Å². The third kappa shape index (κ3) is 3.00. The van der Waals surface area contributed by atoms with Crippen molar-refractivity contribution in [3.63, 3.8) is 0 Å². The van der Waals surface area contributed by atoms with Crippen LogP contribution in [0.5, 0.6) is 0 Å². The van der Waals surface area contributed by atoms with E-state index in [0.29, 0.717) is 0 Å². The molecule has 6 heteroatoms. The molecule has 0 spiro atoms. The van der Waals surface area contributed by atoms with E-state index in [0.717, 1.165) is 64.7 Å². The van der Waals surface area contributed by atoms with Crippen molar-refractivity contribution in [1.29, 1.82) is 0 Å². The number of aryl methyl sites for hydroxylation is 2. The first kappa shape index (κ1) is 16.4. The first-order chi connectivity index (χ1) is 12.0. The number of anilines is 1. The summed E-state index contributed by atoms with van der Waals surface area (Å²) < 4.78 is 1.16. The molecule has 0 atom stereocenters. The number of hydrogen-bond acceptors (Lipinski definition) is 6. The smallest absolute Gasteiger partial charge is 0.150 e. The summed E-state index contributed by atoms with van der Waals surface area (Å²) in [5, 5.41) is 1.15. The van der Waals surface area contributed by atoms with Crippen LogP contribution in [0.15, 0.2) is 24.5 Å². The van der Waals surface area contributed by atoms with Crippen molar-refractivity contribution in [2.45, 2.75) is 20.8 Å². The number of rotatable bonds is 3. The SMILES string of the molecule is C=C(C)CN1CCN(c2ncnc3c2sc2nc(C)c(C)cc23)CC1. The van der Waals surface area contributed by atoms with Crippen molar-refractivity contribution in [3.8, 4) is 0 Å². The third-order valence-corrected chi connectivity index (χ3v) is 5.92. The van der Waals surface area contributed by atoms with Crippen molar-refractivity contribution in [3.05, 3.63) is 35.8 Å². The van der Waals surface area contributed by atoms with Gasteiger partial charge < -0.3 is 4.90 Å². The standard InChI is InChI=1S/C19H23N5S/c1-12(2)10-23-5-7-24(8-6-23)18-17-16(20-11-21-18)15-9-13(3)14(4)22-19(15)25-17/h9,11H,1,5-8,10H2,2-4H3. The van der Waals surface area contributed by atoms with Gasteiger partial charge in [-0.15, -0.1) is 11.3 Å². The minimum absolute atomic E-state index is 0.985. The second kappa shape index (κ2) is 6.35. The Hall–Kier alpha value is -2.05. The van der Waals surface area contributed by atoms with E-state index in [2.05, 4.69) is 53.2 Å². The van der Waals surface area contributed by atoms with Crippen LogP contribution < -0.4 is 4.90 Å². The zero-order valence-corrected chi connectivity index (χ0v) is 15.9. The Balaban J connectivity index is 1.70. The van der Waals surface area contributed by atoms with E-state index in [-0.39, 0.29) is 0 Å². The van der Waals surface area contributed by atoms with Gasteiger partial charge in [-0.1, -0.05) is 12.2 Å². The molecule has 0 bridgehead atoms. The zero-order valence-electron chi connectivity index (χ0n) is 15.0. The van der Waals surface area contributed by atoms with Gasteiger partial charge in [0, 0.05) is 43.8 Å². The number of aromatic nitrogens is 3. The molecule has 5 nitrogen and oxygen atoms in total. The summed E-state index contributed by atoms with van der Waals surface area (Å²) in [4.78, 5) is 19.8. The van der Waals surface area contributed by atoms with E-state index in [1.807, 2.05) is 0 Å². The van der Waals surface area contributed by atoms with Gasteiger partial charge in [0.25, 0.3) is 0 Å². The fraction of sp³-hybridized carbons (Fsp3) is 0.421. The maximum atomic E-state index is 4.76. The maximum absolute atomic E-state index is 4.76. The molecule has 1 aliphatic rings. The van der Waals surface area contributed by atoms with Crippen LogP contribution in [0.2, 0.25) is 0 Å². The molecular weight excluding hydrogens is 330 g/mol. The molecule has 25 heavy (non-hydrogen) atoms. The van der Waals surface area contributed by atoms with Crippen LogP contribution in [0.3, 0.4) is 0 Å².